The van der Waals surface area contributed by atoms with Crippen LogP contribution in [0.4, 0.5) is 0 Å². The molecule has 1 aromatic heterocycles. The molecule has 210 valence electrons. The molecule has 10 nitrogen and oxygen atoms in total. The smallest absolute Gasteiger partial charge is 0.344 e. The van der Waals surface area contributed by atoms with E-state index in [0.717, 1.165) is 0 Å². The first-order valence-electron chi connectivity index (χ1n) is 12.6. The Bertz CT molecular complexity index is 1730. The molecule has 0 radical (unpaired) electrons. The molecule has 5 rings (SSSR count). The molecule has 1 aliphatic rings. The van der Waals surface area contributed by atoms with Crippen LogP contribution >= 0.6 is 0 Å². The highest BCUT2D eigenvalue weighted by atomic mass is 16.6. The molecule has 2 heterocycles. The number of hydrogen-bond acceptors (Lipinski definition) is 10. The van der Waals surface area contributed by atoms with E-state index in [-0.39, 0.29) is 33.2 Å². The van der Waals surface area contributed by atoms with Gasteiger partial charge < -0.3 is 38.7 Å². The van der Waals surface area contributed by atoms with Crippen LogP contribution in [0.2, 0.25) is 0 Å². The highest BCUT2D eigenvalue weighted by Crippen LogP contribution is 2.48. The predicted octanol–water partition coefficient (Wildman–Crippen LogP) is 3.97. The van der Waals surface area contributed by atoms with Crippen molar-refractivity contribution in [2.24, 2.45) is 0 Å². The largest absolute Gasteiger partial charge is 0.507 e. The molecule has 1 saturated heterocycles. The van der Waals surface area contributed by atoms with Gasteiger partial charge >= 0.3 is 11.6 Å². The second kappa shape index (κ2) is 9.81. The van der Waals surface area contributed by atoms with E-state index >= 15 is 0 Å². The molecule has 1 aliphatic heterocycles. The maximum absolute atomic E-state index is 13.3. The van der Waals surface area contributed by atoms with Crippen molar-refractivity contribution >= 4 is 44.6 Å². The number of rotatable bonds is 5. The Morgan fingerprint density at radius 3 is 2.38 bits per heavy atom. The van der Waals surface area contributed by atoms with Crippen molar-refractivity contribution < 1.29 is 43.5 Å². The van der Waals surface area contributed by atoms with Crippen LogP contribution in [0.3, 0.4) is 0 Å². The average molecular weight is 551 g/mol. The molecule has 40 heavy (non-hydrogen) atoms. The van der Waals surface area contributed by atoms with Crippen LogP contribution in [0.25, 0.3) is 38.6 Å². The molecule has 0 saturated carbocycles. The van der Waals surface area contributed by atoms with Gasteiger partial charge in [0, 0.05) is 23.1 Å². The number of phenols is 1. The van der Waals surface area contributed by atoms with E-state index in [4.69, 9.17) is 23.4 Å². The van der Waals surface area contributed by atoms with Crippen molar-refractivity contribution in [3.05, 3.63) is 58.5 Å². The van der Waals surface area contributed by atoms with Gasteiger partial charge in [-0.1, -0.05) is 18.7 Å². The Morgan fingerprint density at radius 2 is 1.75 bits per heavy atom. The second-order valence-electron chi connectivity index (χ2n) is 10.1. The van der Waals surface area contributed by atoms with Crippen LogP contribution in [-0.4, -0.2) is 59.4 Å². The number of aliphatic hydroxyl groups excluding tert-OH is 1. The van der Waals surface area contributed by atoms with E-state index in [9.17, 15) is 24.9 Å². The zero-order valence-corrected chi connectivity index (χ0v) is 22.7. The number of methoxy groups -OCH3 is 2. The lowest BCUT2D eigenvalue weighted by atomic mass is 9.80. The van der Waals surface area contributed by atoms with Gasteiger partial charge in [0.2, 0.25) is 0 Å². The first-order chi connectivity index (χ1) is 18.9. The molecule has 0 spiro atoms. The minimum atomic E-state index is -1.91. The highest BCUT2D eigenvalue weighted by molar-refractivity contribution is 6.19. The number of benzene rings is 3. The second-order valence-corrected chi connectivity index (χ2v) is 10.1. The normalized spacial score (nSPS) is 24.8. The van der Waals surface area contributed by atoms with Crippen LogP contribution < -0.4 is 15.1 Å². The third-order valence-electron chi connectivity index (χ3n) is 7.54. The van der Waals surface area contributed by atoms with Crippen LogP contribution in [0, 0.1) is 0 Å². The molecule has 5 atom stereocenters. The fourth-order valence-corrected chi connectivity index (χ4v) is 5.66. The Hall–Kier alpha value is -4.12. The molecule has 0 aliphatic carbocycles. The maximum Gasteiger partial charge on any atom is 0.344 e. The SMILES string of the molecule is C=Cc1cc(OC)c2c(c1)c(=O)oc1c2cc(OC)c2c(O)ccc([C@@H]3O[C@H](C)[C@H](OC(C)=O)[C@@](C)(O)[C@H]3O)c21. The summed E-state index contributed by atoms with van der Waals surface area (Å²) in [6.45, 7) is 7.94. The molecule has 3 aromatic carbocycles. The van der Waals surface area contributed by atoms with Gasteiger partial charge in [-0.2, -0.15) is 0 Å². The van der Waals surface area contributed by atoms with E-state index < -0.39 is 41.6 Å². The summed E-state index contributed by atoms with van der Waals surface area (Å²) in [4.78, 5) is 25.0. The minimum absolute atomic E-state index is 0.0917. The number of carbonyl (C=O) groups excluding carboxylic acids is 1. The monoisotopic (exact) mass is 550 g/mol. The van der Waals surface area contributed by atoms with Gasteiger partial charge in [-0.15, -0.1) is 0 Å². The predicted molar refractivity (Wildman–Crippen MR) is 148 cm³/mol. The summed E-state index contributed by atoms with van der Waals surface area (Å²) in [5.41, 5.74) is -1.52. The molecular formula is C30H30O10. The summed E-state index contributed by atoms with van der Waals surface area (Å²) in [6.07, 6.45) is -3.17. The topological polar surface area (TPSA) is 145 Å². The summed E-state index contributed by atoms with van der Waals surface area (Å²) in [5.74, 6) is -0.158. The van der Waals surface area contributed by atoms with Crippen LogP contribution in [0.1, 0.15) is 38.0 Å². The van der Waals surface area contributed by atoms with Crippen molar-refractivity contribution in [2.45, 2.75) is 50.8 Å². The van der Waals surface area contributed by atoms with E-state index in [1.54, 1.807) is 31.2 Å². The summed E-state index contributed by atoms with van der Waals surface area (Å²) in [7, 11) is 2.91. The lowest BCUT2D eigenvalue weighted by Crippen LogP contribution is -2.62. The van der Waals surface area contributed by atoms with Crippen molar-refractivity contribution in [1.82, 2.24) is 0 Å². The zero-order valence-electron chi connectivity index (χ0n) is 22.7. The Labute approximate surface area is 228 Å². The molecule has 0 amide bonds. The number of hydrogen-bond donors (Lipinski definition) is 3. The number of carbonyl (C=O) groups is 1. The van der Waals surface area contributed by atoms with Crippen molar-refractivity contribution in [1.29, 1.82) is 0 Å². The van der Waals surface area contributed by atoms with Gasteiger partial charge in [0.25, 0.3) is 0 Å². The van der Waals surface area contributed by atoms with E-state index in [1.165, 1.54) is 40.2 Å². The van der Waals surface area contributed by atoms with Gasteiger partial charge in [-0.3, -0.25) is 4.79 Å². The van der Waals surface area contributed by atoms with Crippen molar-refractivity contribution in [2.75, 3.05) is 14.2 Å². The lowest BCUT2D eigenvalue weighted by Gasteiger charge is -2.47. The zero-order chi connectivity index (χ0) is 29.1. The van der Waals surface area contributed by atoms with E-state index in [0.29, 0.717) is 27.6 Å². The van der Waals surface area contributed by atoms with Gasteiger partial charge in [-0.05, 0) is 49.2 Å². The molecule has 10 heteroatoms. The Morgan fingerprint density at radius 1 is 1.07 bits per heavy atom. The fraction of sp³-hybridized carbons (Fsp3) is 0.333. The number of fused-ring (bicyclic) bond motifs is 5. The maximum atomic E-state index is 13.3. The number of ether oxygens (including phenoxy) is 4. The van der Waals surface area contributed by atoms with Gasteiger partial charge in [0.05, 0.1) is 31.1 Å². The Kier molecular flexibility index (Phi) is 6.73. The molecule has 4 aromatic rings. The summed E-state index contributed by atoms with van der Waals surface area (Å²) >= 11 is 0. The Balaban J connectivity index is 1.89. The highest BCUT2D eigenvalue weighted by Gasteiger charge is 2.54. The third-order valence-corrected chi connectivity index (χ3v) is 7.54. The van der Waals surface area contributed by atoms with Gasteiger partial charge in [0.1, 0.15) is 40.6 Å². The molecule has 3 N–H and O–H groups in total. The van der Waals surface area contributed by atoms with Crippen LogP contribution in [0.15, 0.2) is 46.1 Å². The number of aliphatic hydroxyl groups is 2. The van der Waals surface area contributed by atoms with Crippen LogP contribution in [-0.2, 0) is 14.3 Å². The molecule has 1 fully saturated rings. The van der Waals surface area contributed by atoms with Gasteiger partial charge in [-0.25, -0.2) is 4.79 Å². The van der Waals surface area contributed by atoms with Crippen LogP contribution in [0.5, 0.6) is 17.2 Å². The molecular weight excluding hydrogens is 520 g/mol. The minimum Gasteiger partial charge on any atom is -0.507 e. The van der Waals surface area contributed by atoms with E-state index in [2.05, 4.69) is 6.58 Å². The summed E-state index contributed by atoms with van der Waals surface area (Å²) in [5, 5.41) is 35.2. The van der Waals surface area contributed by atoms with Gasteiger partial charge in [0.15, 0.2) is 6.10 Å². The standard InChI is InChI=1S/C30H30O10/c1-7-15-10-18-22(20(11-15)36-5)17-12-21(37-6)24-19(32)9-8-16(23(24)25(17)40-29(18)34)26-27(33)30(4,35)28(13(2)38-26)39-14(3)31/h7-13,26-28,32-33,35H,1H2,2-6H3/t13-,26+,27+,28+,30+/m1/s1. The van der Waals surface area contributed by atoms with Crippen molar-refractivity contribution in [3.8, 4) is 17.2 Å². The molecule has 0 unspecified atom stereocenters. The van der Waals surface area contributed by atoms with Crippen molar-refractivity contribution in [3.63, 3.8) is 0 Å². The average Bonchev–Trinajstić information content (AvgIpc) is 2.92. The number of esters is 1. The summed E-state index contributed by atoms with van der Waals surface area (Å²) in [6, 6.07) is 7.92. The number of aromatic hydroxyl groups is 1. The third kappa shape index (κ3) is 4.07. The summed E-state index contributed by atoms with van der Waals surface area (Å²) < 4.78 is 28.6. The first-order valence-corrected chi connectivity index (χ1v) is 12.6. The lowest BCUT2D eigenvalue weighted by molar-refractivity contribution is -0.267. The fourth-order valence-electron chi connectivity index (χ4n) is 5.66. The number of phenolic OH excluding ortho intramolecular Hbond substituents is 1. The quantitative estimate of drug-likeness (QED) is 0.190. The first kappa shape index (κ1) is 27.4. The van der Waals surface area contributed by atoms with E-state index in [1.807, 2.05) is 0 Å². The molecule has 0 bridgehead atoms.